The van der Waals surface area contributed by atoms with Crippen LogP contribution in [0.4, 0.5) is 0 Å². The Morgan fingerprint density at radius 3 is 2.45 bits per heavy atom. The Labute approximate surface area is 129 Å². The molecule has 22 heavy (non-hydrogen) atoms. The van der Waals surface area contributed by atoms with Crippen LogP contribution in [0, 0.1) is 6.92 Å². The third-order valence-electron chi connectivity index (χ3n) is 3.13. The van der Waals surface area contributed by atoms with Gasteiger partial charge < -0.3 is 19.9 Å². The molecule has 0 heterocycles. The van der Waals surface area contributed by atoms with Crippen molar-refractivity contribution in [1.82, 2.24) is 5.32 Å². The zero-order valence-corrected chi connectivity index (χ0v) is 12.6. The maximum absolute atomic E-state index is 12.0. The van der Waals surface area contributed by atoms with Crippen molar-refractivity contribution in [2.45, 2.75) is 6.92 Å². The Kier molecular flexibility index (Phi) is 5.25. The van der Waals surface area contributed by atoms with Gasteiger partial charge in [0.1, 0.15) is 23.9 Å². The minimum absolute atomic E-state index is 0.115. The number of rotatable bonds is 6. The topological polar surface area (TPSA) is 67.8 Å². The van der Waals surface area contributed by atoms with Crippen LogP contribution in [0.2, 0.25) is 0 Å². The predicted molar refractivity (Wildman–Crippen MR) is 83.7 cm³/mol. The number of amides is 1. The highest BCUT2D eigenvalue weighted by Crippen LogP contribution is 2.23. The fraction of sp³-hybridized carbons (Fsp3) is 0.235. The van der Waals surface area contributed by atoms with Gasteiger partial charge in [0.25, 0.3) is 5.91 Å². The summed E-state index contributed by atoms with van der Waals surface area (Å²) in [5.74, 6) is 0.785. The summed E-state index contributed by atoms with van der Waals surface area (Å²) in [6, 6.07) is 12.2. The van der Waals surface area contributed by atoms with E-state index in [1.165, 1.54) is 19.2 Å². The predicted octanol–water partition coefficient (Wildman–Crippen LogP) is 2.52. The first-order chi connectivity index (χ1) is 10.6. The fourth-order valence-corrected chi connectivity index (χ4v) is 1.89. The van der Waals surface area contributed by atoms with Crippen molar-refractivity contribution in [3.8, 4) is 17.2 Å². The van der Waals surface area contributed by atoms with E-state index < -0.39 is 0 Å². The molecule has 2 N–H and O–H groups in total. The molecule has 0 bridgehead atoms. The maximum atomic E-state index is 12.0. The van der Waals surface area contributed by atoms with Crippen LogP contribution in [0.3, 0.4) is 0 Å². The van der Waals surface area contributed by atoms with Crippen LogP contribution in [0.15, 0.2) is 42.5 Å². The Hall–Kier alpha value is -2.69. The number of carbonyl (C=O) groups excluding carboxylic acids is 1. The Morgan fingerprint density at radius 2 is 1.82 bits per heavy atom. The lowest BCUT2D eigenvalue weighted by Crippen LogP contribution is -2.28. The van der Waals surface area contributed by atoms with E-state index in [4.69, 9.17) is 9.47 Å². The summed E-state index contributed by atoms with van der Waals surface area (Å²) in [5, 5.41) is 12.5. The van der Waals surface area contributed by atoms with Gasteiger partial charge in [-0.2, -0.15) is 0 Å². The molecule has 0 saturated heterocycles. The number of aromatic hydroxyl groups is 1. The number of hydrogen-bond donors (Lipinski definition) is 2. The van der Waals surface area contributed by atoms with E-state index >= 15 is 0 Å². The largest absolute Gasteiger partial charge is 0.507 e. The van der Waals surface area contributed by atoms with Crippen molar-refractivity contribution in [3.05, 3.63) is 53.6 Å². The molecule has 0 spiro atoms. The van der Waals surface area contributed by atoms with E-state index in [0.717, 1.165) is 11.3 Å². The van der Waals surface area contributed by atoms with Crippen LogP contribution in [0.25, 0.3) is 0 Å². The van der Waals surface area contributed by atoms with E-state index in [9.17, 15) is 9.90 Å². The number of nitrogens with one attached hydrogen (secondary N) is 1. The first kappa shape index (κ1) is 15.7. The van der Waals surface area contributed by atoms with Crippen LogP contribution in [0.1, 0.15) is 15.9 Å². The van der Waals surface area contributed by atoms with Gasteiger partial charge in [-0.1, -0.05) is 17.7 Å². The summed E-state index contributed by atoms with van der Waals surface area (Å²) < 4.78 is 10.5. The normalized spacial score (nSPS) is 10.1. The van der Waals surface area contributed by atoms with Crippen molar-refractivity contribution in [1.29, 1.82) is 0 Å². The number of hydrogen-bond acceptors (Lipinski definition) is 4. The SMILES string of the molecule is COc1ccc(C(=O)NCCOc2ccc(C)cc2)c(O)c1. The molecule has 0 unspecified atom stereocenters. The number of methoxy groups -OCH3 is 1. The molecule has 0 saturated carbocycles. The monoisotopic (exact) mass is 301 g/mol. The minimum atomic E-state index is -0.354. The van der Waals surface area contributed by atoms with Gasteiger partial charge in [-0.3, -0.25) is 4.79 Å². The molecule has 116 valence electrons. The van der Waals surface area contributed by atoms with Crippen molar-refractivity contribution in [2.75, 3.05) is 20.3 Å². The van der Waals surface area contributed by atoms with E-state index in [1.54, 1.807) is 6.07 Å². The molecule has 0 atom stereocenters. The van der Waals surface area contributed by atoms with Gasteiger partial charge in [0.15, 0.2) is 0 Å². The lowest BCUT2D eigenvalue weighted by Gasteiger charge is -2.09. The lowest BCUT2D eigenvalue weighted by molar-refractivity contribution is 0.0944. The fourth-order valence-electron chi connectivity index (χ4n) is 1.89. The van der Waals surface area contributed by atoms with E-state index in [0.29, 0.717) is 18.9 Å². The molecule has 5 heteroatoms. The number of ether oxygens (including phenoxy) is 2. The maximum Gasteiger partial charge on any atom is 0.255 e. The van der Waals surface area contributed by atoms with Crippen LogP contribution in [-0.4, -0.2) is 31.3 Å². The Morgan fingerprint density at radius 1 is 1.14 bits per heavy atom. The van der Waals surface area contributed by atoms with Crippen molar-refractivity contribution >= 4 is 5.91 Å². The standard InChI is InChI=1S/C17H19NO4/c1-12-3-5-13(6-4-12)22-10-9-18-17(20)15-8-7-14(21-2)11-16(15)19/h3-8,11,19H,9-10H2,1-2H3,(H,18,20). The molecule has 0 fully saturated rings. The molecule has 0 aliphatic carbocycles. The van der Waals surface area contributed by atoms with Crippen molar-refractivity contribution < 1.29 is 19.4 Å². The second-order valence-electron chi connectivity index (χ2n) is 4.80. The molecule has 5 nitrogen and oxygen atoms in total. The van der Waals surface area contributed by atoms with Gasteiger partial charge in [0, 0.05) is 6.07 Å². The quantitative estimate of drug-likeness (QED) is 0.805. The summed E-state index contributed by atoms with van der Waals surface area (Å²) in [7, 11) is 1.50. The summed E-state index contributed by atoms with van der Waals surface area (Å²) in [6.07, 6.45) is 0. The van der Waals surface area contributed by atoms with Gasteiger partial charge >= 0.3 is 0 Å². The van der Waals surface area contributed by atoms with Gasteiger partial charge in [-0.05, 0) is 31.2 Å². The average Bonchev–Trinajstić information content (AvgIpc) is 2.52. The minimum Gasteiger partial charge on any atom is -0.507 e. The van der Waals surface area contributed by atoms with Crippen LogP contribution < -0.4 is 14.8 Å². The molecule has 0 aliphatic rings. The number of phenols is 1. The molecule has 1 amide bonds. The Balaban J connectivity index is 1.81. The van der Waals surface area contributed by atoms with Crippen LogP contribution in [-0.2, 0) is 0 Å². The average molecular weight is 301 g/mol. The summed E-state index contributed by atoms with van der Waals surface area (Å²) in [6.45, 7) is 2.70. The highest BCUT2D eigenvalue weighted by atomic mass is 16.5. The van der Waals surface area contributed by atoms with E-state index in [1.807, 2.05) is 31.2 Å². The van der Waals surface area contributed by atoms with Gasteiger partial charge in [0.05, 0.1) is 19.2 Å². The van der Waals surface area contributed by atoms with Gasteiger partial charge in [-0.15, -0.1) is 0 Å². The molecular formula is C17H19NO4. The molecular weight excluding hydrogens is 282 g/mol. The number of benzene rings is 2. The lowest BCUT2D eigenvalue weighted by atomic mass is 10.2. The van der Waals surface area contributed by atoms with Gasteiger partial charge in [-0.25, -0.2) is 0 Å². The third kappa shape index (κ3) is 4.15. The molecule has 0 radical (unpaired) electrons. The number of phenolic OH excluding ortho intramolecular Hbond substituents is 1. The molecule has 0 aliphatic heterocycles. The summed E-state index contributed by atoms with van der Waals surface area (Å²) in [5.41, 5.74) is 1.37. The molecule has 0 aromatic heterocycles. The zero-order valence-electron chi connectivity index (χ0n) is 12.6. The highest BCUT2D eigenvalue weighted by Gasteiger charge is 2.11. The van der Waals surface area contributed by atoms with Crippen molar-refractivity contribution in [2.24, 2.45) is 0 Å². The molecule has 2 aromatic carbocycles. The summed E-state index contributed by atoms with van der Waals surface area (Å²) in [4.78, 5) is 12.0. The second-order valence-corrected chi connectivity index (χ2v) is 4.80. The van der Waals surface area contributed by atoms with Crippen LogP contribution in [0.5, 0.6) is 17.2 Å². The second kappa shape index (κ2) is 7.36. The zero-order chi connectivity index (χ0) is 15.9. The number of aryl methyl sites for hydroxylation is 1. The molecule has 2 aromatic rings. The third-order valence-corrected chi connectivity index (χ3v) is 3.13. The van der Waals surface area contributed by atoms with Crippen LogP contribution >= 0.6 is 0 Å². The smallest absolute Gasteiger partial charge is 0.255 e. The van der Waals surface area contributed by atoms with E-state index in [2.05, 4.69) is 5.32 Å². The summed E-state index contributed by atoms with van der Waals surface area (Å²) >= 11 is 0. The van der Waals surface area contributed by atoms with Crippen molar-refractivity contribution in [3.63, 3.8) is 0 Å². The Bertz CT molecular complexity index is 638. The molecule has 2 rings (SSSR count). The number of carbonyl (C=O) groups is 1. The highest BCUT2D eigenvalue weighted by molar-refractivity contribution is 5.96. The van der Waals surface area contributed by atoms with E-state index in [-0.39, 0.29) is 17.2 Å². The van der Waals surface area contributed by atoms with Gasteiger partial charge in [0.2, 0.25) is 0 Å². The first-order valence-electron chi connectivity index (χ1n) is 6.95. The first-order valence-corrected chi connectivity index (χ1v) is 6.95.